The van der Waals surface area contributed by atoms with Crippen molar-refractivity contribution in [1.82, 2.24) is 4.72 Å². The van der Waals surface area contributed by atoms with Crippen molar-refractivity contribution in [1.29, 1.82) is 0 Å². The number of nitrogens with one attached hydrogen (secondary N) is 1. The largest absolute Gasteiger partial charge is 0.289 e. The van der Waals surface area contributed by atoms with Crippen LogP contribution in [0.5, 0.6) is 0 Å². The molecular formula is C11H13BrN2O4S. The maximum Gasteiger partial charge on any atom is 0.289 e. The minimum absolute atomic E-state index is 0.103. The third-order valence-corrected chi connectivity index (χ3v) is 5.17. The van der Waals surface area contributed by atoms with E-state index in [4.69, 9.17) is 0 Å². The molecule has 1 aromatic carbocycles. The van der Waals surface area contributed by atoms with Gasteiger partial charge >= 0.3 is 0 Å². The maximum atomic E-state index is 12.2. The van der Waals surface area contributed by atoms with Crippen molar-refractivity contribution in [3.63, 3.8) is 0 Å². The van der Waals surface area contributed by atoms with Crippen LogP contribution in [0.25, 0.3) is 0 Å². The highest BCUT2D eigenvalue weighted by atomic mass is 79.9. The lowest BCUT2D eigenvalue weighted by Crippen LogP contribution is -2.27. The van der Waals surface area contributed by atoms with Crippen LogP contribution in [0.3, 0.4) is 0 Å². The van der Waals surface area contributed by atoms with Crippen LogP contribution in [0.2, 0.25) is 0 Å². The van der Waals surface area contributed by atoms with Crippen LogP contribution in [-0.2, 0) is 10.0 Å². The van der Waals surface area contributed by atoms with Gasteiger partial charge in [0, 0.05) is 16.6 Å². The number of nitrogens with zero attached hydrogens (tertiary/aromatic N) is 1. The van der Waals surface area contributed by atoms with Gasteiger partial charge in [-0.3, -0.25) is 10.1 Å². The number of halogens is 1. The van der Waals surface area contributed by atoms with Gasteiger partial charge in [0.1, 0.15) is 0 Å². The second-order valence-electron chi connectivity index (χ2n) is 4.50. The van der Waals surface area contributed by atoms with Crippen LogP contribution in [0.4, 0.5) is 5.69 Å². The first-order valence-electron chi connectivity index (χ1n) is 5.81. The van der Waals surface area contributed by atoms with Crippen molar-refractivity contribution in [2.24, 2.45) is 5.92 Å². The van der Waals surface area contributed by atoms with E-state index < -0.39 is 20.6 Å². The number of sulfonamides is 1. The van der Waals surface area contributed by atoms with Crippen molar-refractivity contribution in [2.75, 3.05) is 0 Å². The fourth-order valence-corrected chi connectivity index (χ4v) is 3.99. The molecule has 0 aliphatic heterocycles. The topological polar surface area (TPSA) is 89.3 Å². The molecule has 1 N–H and O–H groups in total. The average molecular weight is 349 g/mol. The lowest BCUT2D eigenvalue weighted by Gasteiger charge is -2.07. The molecule has 0 aromatic heterocycles. The second kappa shape index (κ2) is 5.18. The Kier molecular flexibility index (Phi) is 3.93. The first-order chi connectivity index (χ1) is 8.85. The lowest BCUT2D eigenvalue weighted by atomic mass is 10.3. The Hall–Kier alpha value is -0.990. The highest BCUT2D eigenvalue weighted by Crippen LogP contribution is 2.35. The highest BCUT2D eigenvalue weighted by molar-refractivity contribution is 9.10. The van der Waals surface area contributed by atoms with Gasteiger partial charge in [0.25, 0.3) is 5.69 Å². The van der Waals surface area contributed by atoms with E-state index in [1.165, 1.54) is 18.2 Å². The summed E-state index contributed by atoms with van der Waals surface area (Å²) in [5.74, 6) is 0.334. The van der Waals surface area contributed by atoms with Crippen molar-refractivity contribution >= 4 is 31.6 Å². The molecule has 1 aliphatic rings. The number of nitro benzene ring substituents is 1. The Bertz CT molecular complexity index is 617. The molecule has 2 unspecified atom stereocenters. The molecule has 0 radical (unpaired) electrons. The fraction of sp³-hybridized carbons (Fsp3) is 0.455. The van der Waals surface area contributed by atoms with E-state index in [0.29, 0.717) is 10.4 Å². The summed E-state index contributed by atoms with van der Waals surface area (Å²) >= 11 is 3.13. The van der Waals surface area contributed by atoms with E-state index in [1.807, 2.05) is 6.92 Å². The van der Waals surface area contributed by atoms with Crippen molar-refractivity contribution in [3.05, 3.63) is 32.8 Å². The zero-order valence-corrected chi connectivity index (χ0v) is 12.6. The van der Waals surface area contributed by atoms with Crippen LogP contribution in [0.15, 0.2) is 27.6 Å². The zero-order valence-electron chi connectivity index (χ0n) is 10.2. The Labute approximate surface area is 119 Å². The third kappa shape index (κ3) is 3.13. The molecule has 2 rings (SSSR count). The van der Waals surface area contributed by atoms with Crippen LogP contribution in [0.1, 0.15) is 19.8 Å². The molecular weight excluding hydrogens is 336 g/mol. The zero-order chi connectivity index (χ0) is 14.2. The van der Waals surface area contributed by atoms with Gasteiger partial charge in [-0.2, -0.15) is 0 Å². The van der Waals surface area contributed by atoms with E-state index in [-0.39, 0.29) is 10.9 Å². The number of benzene rings is 1. The molecule has 1 fully saturated rings. The van der Waals surface area contributed by atoms with Crippen molar-refractivity contribution in [2.45, 2.75) is 30.7 Å². The van der Waals surface area contributed by atoms with Gasteiger partial charge in [-0.15, -0.1) is 0 Å². The predicted octanol–water partition coefficient (Wildman–Crippen LogP) is 2.43. The normalized spacial score (nSPS) is 22.2. The van der Waals surface area contributed by atoms with E-state index >= 15 is 0 Å². The first kappa shape index (κ1) is 14.4. The summed E-state index contributed by atoms with van der Waals surface area (Å²) in [6.07, 6.45) is 1.69. The van der Waals surface area contributed by atoms with Gasteiger partial charge in [-0.05, 0) is 24.5 Å². The maximum absolute atomic E-state index is 12.2. The minimum atomic E-state index is -3.86. The van der Waals surface area contributed by atoms with E-state index in [1.54, 1.807) is 0 Å². The summed E-state index contributed by atoms with van der Waals surface area (Å²) in [4.78, 5) is 9.91. The summed E-state index contributed by atoms with van der Waals surface area (Å²) < 4.78 is 27.4. The molecule has 0 spiro atoms. The van der Waals surface area contributed by atoms with E-state index in [2.05, 4.69) is 20.7 Å². The van der Waals surface area contributed by atoms with Crippen LogP contribution in [-0.4, -0.2) is 19.4 Å². The Morgan fingerprint density at radius 1 is 1.53 bits per heavy atom. The summed E-state index contributed by atoms with van der Waals surface area (Å²) in [5, 5.41) is 10.9. The Morgan fingerprint density at radius 3 is 2.74 bits per heavy atom. The van der Waals surface area contributed by atoms with Crippen molar-refractivity contribution < 1.29 is 13.3 Å². The molecule has 6 nitrogen and oxygen atoms in total. The van der Waals surface area contributed by atoms with Crippen LogP contribution in [0, 0.1) is 16.0 Å². The van der Waals surface area contributed by atoms with E-state index in [9.17, 15) is 18.5 Å². The monoisotopic (exact) mass is 348 g/mol. The highest BCUT2D eigenvalue weighted by Gasteiger charge is 2.40. The lowest BCUT2D eigenvalue weighted by molar-refractivity contribution is -0.387. The number of rotatable bonds is 5. The van der Waals surface area contributed by atoms with Gasteiger partial charge in [-0.25, -0.2) is 13.1 Å². The quantitative estimate of drug-likeness (QED) is 0.653. The molecule has 104 valence electrons. The standard InChI is InChI=1S/C11H13BrN2O4S/c1-2-7-5-9(7)13-19(17,18)11-6-8(12)3-4-10(11)14(15)16/h3-4,6-7,9,13H,2,5H2,1H3. The summed E-state index contributed by atoms with van der Waals surface area (Å²) in [7, 11) is -3.86. The molecule has 1 saturated carbocycles. The first-order valence-corrected chi connectivity index (χ1v) is 8.09. The molecule has 0 amide bonds. The van der Waals surface area contributed by atoms with Gasteiger partial charge in [0.2, 0.25) is 10.0 Å². The molecule has 0 heterocycles. The summed E-state index contributed by atoms with van der Waals surface area (Å²) in [5.41, 5.74) is -0.413. The average Bonchev–Trinajstić information content (AvgIpc) is 3.06. The van der Waals surface area contributed by atoms with Gasteiger partial charge in [-0.1, -0.05) is 29.3 Å². The SMILES string of the molecule is CCC1CC1NS(=O)(=O)c1cc(Br)ccc1[N+](=O)[O-]. The third-order valence-electron chi connectivity index (χ3n) is 3.16. The molecule has 0 bridgehead atoms. The minimum Gasteiger partial charge on any atom is -0.258 e. The Balaban J connectivity index is 2.34. The summed E-state index contributed by atoms with van der Waals surface area (Å²) in [6, 6.07) is 3.78. The molecule has 1 aromatic rings. The van der Waals surface area contributed by atoms with Crippen molar-refractivity contribution in [3.8, 4) is 0 Å². The van der Waals surface area contributed by atoms with Crippen LogP contribution >= 0.6 is 15.9 Å². The van der Waals surface area contributed by atoms with Gasteiger partial charge in [0.15, 0.2) is 4.90 Å². The number of hydrogen-bond donors (Lipinski definition) is 1. The number of hydrogen-bond acceptors (Lipinski definition) is 4. The van der Waals surface area contributed by atoms with Crippen LogP contribution < -0.4 is 4.72 Å². The smallest absolute Gasteiger partial charge is 0.258 e. The van der Waals surface area contributed by atoms with Gasteiger partial charge < -0.3 is 0 Å². The predicted molar refractivity (Wildman–Crippen MR) is 73.3 cm³/mol. The van der Waals surface area contributed by atoms with E-state index in [0.717, 1.165) is 12.8 Å². The fourth-order valence-electron chi connectivity index (χ4n) is 1.96. The van der Waals surface area contributed by atoms with Gasteiger partial charge in [0.05, 0.1) is 4.92 Å². The molecule has 19 heavy (non-hydrogen) atoms. The molecule has 1 aliphatic carbocycles. The molecule has 8 heteroatoms. The summed E-state index contributed by atoms with van der Waals surface area (Å²) in [6.45, 7) is 1.99. The number of nitro groups is 1. The molecule has 0 saturated heterocycles. The Morgan fingerprint density at radius 2 is 2.21 bits per heavy atom. The molecule has 2 atom stereocenters. The second-order valence-corrected chi connectivity index (χ2v) is 7.10.